The Hall–Kier alpha value is -2.12. The molecule has 0 radical (unpaired) electrons. The number of hydrogen-bond donors (Lipinski definition) is 2. The number of nitrogens with zero attached hydrogens (tertiary/aromatic N) is 5. The first-order valence-electron chi connectivity index (χ1n) is 9.07. The SMILES string of the molecule is CNc1ccc2c(N3CCC(N)C3)nc(N3CCN(C)CC3)nc2c1. The van der Waals surface area contributed by atoms with Gasteiger partial charge in [0.25, 0.3) is 0 Å². The molecule has 3 heterocycles. The molecule has 2 aliphatic rings. The predicted octanol–water partition coefficient (Wildman–Crippen LogP) is 0.961. The van der Waals surface area contributed by atoms with Gasteiger partial charge in [-0.2, -0.15) is 4.98 Å². The largest absolute Gasteiger partial charge is 0.388 e. The maximum absolute atomic E-state index is 6.14. The van der Waals surface area contributed by atoms with Crippen molar-refractivity contribution in [2.24, 2.45) is 5.73 Å². The lowest BCUT2D eigenvalue weighted by Crippen LogP contribution is -2.45. The summed E-state index contributed by atoms with van der Waals surface area (Å²) >= 11 is 0. The zero-order valence-corrected chi connectivity index (χ0v) is 15.1. The molecule has 0 saturated carbocycles. The van der Waals surface area contributed by atoms with E-state index >= 15 is 0 Å². The van der Waals surface area contributed by atoms with Gasteiger partial charge in [-0.3, -0.25) is 0 Å². The van der Waals surface area contributed by atoms with Crippen molar-refractivity contribution in [2.75, 3.05) is 68.5 Å². The Labute approximate surface area is 148 Å². The number of nitrogens with one attached hydrogen (secondary N) is 1. The normalized spacial score (nSPS) is 22.0. The Balaban J connectivity index is 1.77. The Bertz CT molecular complexity index is 754. The van der Waals surface area contributed by atoms with Crippen LogP contribution < -0.4 is 20.9 Å². The van der Waals surface area contributed by atoms with Gasteiger partial charge in [-0.15, -0.1) is 0 Å². The van der Waals surface area contributed by atoms with Crippen LogP contribution in [0.5, 0.6) is 0 Å². The van der Waals surface area contributed by atoms with Crippen LogP contribution in [0.4, 0.5) is 17.5 Å². The molecule has 2 fully saturated rings. The highest BCUT2D eigenvalue weighted by Crippen LogP contribution is 2.30. The zero-order chi connectivity index (χ0) is 17.4. The number of likely N-dealkylation sites (N-methyl/N-ethyl adjacent to an activating group) is 1. The van der Waals surface area contributed by atoms with Crippen LogP contribution in [0.25, 0.3) is 10.9 Å². The van der Waals surface area contributed by atoms with Gasteiger partial charge in [-0.1, -0.05) is 0 Å². The van der Waals surface area contributed by atoms with Gasteiger partial charge in [0.2, 0.25) is 5.95 Å². The molecule has 0 bridgehead atoms. The molecule has 0 spiro atoms. The van der Waals surface area contributed by atoms with Crippen molar-refractivity contribution in [2.45, 2.75) is 12.5 Å². The van der Waals surface area contributed by atoms with Crippen molar-refractivity contribution >= 4 is 28.4 Å². The van der Waals surface area contributed by atoms with Crippen molar-refractivity contribution < 1.29 is 0 Å². The summed E-state index contributed by atoms with van der Waals surface area (Å²) in [5.41, 5.74) is 8.20. The van der Waals surface area contributed by atoms with E-state index in [0.717, 1.165) is 74.0 Å². The molecule has 1 unspecified atom stereocenters. The van der Waals surface area contributed by atoms with Crippen molar-refractivity contribution in [3.05, 3.63) is 18.2 Å². The Morgan fingerprint density at radius 1 is 1.08 bits per heavy atom. The van der Waals surface area contributed by atoms with E-state index in [1.54, 1.807) is 0 Å². The summed E-state index contributed by atoms with van der Waals surface area (Å²) in [7, 11) is 4.10. The van der Waals surface area contributed by atoms with Gasteiger partial charge in [0.1, 0.15) is 5.82 Å². The highest BCUT2D eigenvalue weighted by molar-refractivity contribution is 5.92. The number of piperazine rings is 1. The van der Waals surface area contributed by atoms with Crippen molar-refractivity contribution in [3.63, 3.8) is 0 Å². The van der Waals surface area contributed by atoms with Gasteiger partial charge in [-0.05, 0) is 31.7 Å². The molecule has 2 aromatic rings. The van der Waals surface area contributed by atoms with Gasteiger partial charge >= 0.3 is 0 Å². The van der Waals surface area contributed by atoms with Gasteiger partial charge in [0, 0.05) is 63.4 Å². The van der Waals surface area contributed by atoms with E-state index in [1.807, 2.05) is 7.05 Å². The Kier molecular flexibility index (Phi) is 4.35. The second-order valence-electron chi connectivity index (χ2n) is 7.11. The van der Waals surface area contributed by atoms with E-state index < -0.39 is 0 Å². The summed E-state index contributed by atoms with van der Waals surface area (Å²) in [6, 6.07) is 6.54. The third kappa shape index (κ3) is 3.21. The summed E-state index contributed by atoms with van der Waals surface area (Å²) in [6.45, 7) is 5.84. The van der Waals surface area contributed by atoms with Gasteiger partial charge in [0.05, 0.1) is 5.52 Å². The van der Waals surface area contributed by atoms with Gasteiger partial charge in [-0.25, -0.2) is 4.98 Å². The Morgan fingerprint density at radius 3 is 2.56 bits per heavy atom. The summed E-state index contributed by atoms with van der Waals surface area (Å²) in [6.07, 6.45) is 1.02. The lowest BCUT2D eigenvalue weighted by Gasteiger charge is -2.33. The van der Waals surface area contributed by atoms with Crippen LogP contribution in [-0.2, 0) is 0 Å². The van der Waals surface area contributed by atoms with Crippen molar-refractivity contribution in [1.82, 2.24) is 14.9 Å². The fourth-order valence-electron chi connectivity index (χ4n) is 3.63. The summed E-state index contributed by atoms with van der Waals surface area (Å²) in [4.78, 5) is 16.8. The minimum atomic E-state index is 0.230. The average Bonchev–Trinajstić information content (AvgIpc) is 3.07. The smallest absolute Gasteiger partial charge is 0.227 e. The number of aromatic nitrogens is 2. The minimum Gasteiger partial charge on any atom is -0.388 e. The lowest BCUT2D eigenvalue weighted by atomic mass is 10.2. The first kappa shape index (κ1) is 16.4. The van der Waals surface area contributed by atoms with Crippen LogP contribution in [-0.4, -0.2) is 74.3 Å². The molecule has 1 atom stereocenters. The maximum Gasteiger partial charge on any atom is 0.227 e. The molecule has 3 N–H and O–H groups in total. The fourth-order valence-corrected chi connectivity index (χ4v) is 3.63. The molecule has 4 rings (SSSR count). The molecule has 2 aliphatic heterocycles. The molecule has 7 nitrogen and oxygen atoms in total. The monoisotopic (exact) mass is 341 g/mol. The first-order valence-corrected chi connectivity index (χ1v) is 9.07. The first-order chi connectivity index (χ1) is 12.1. The molecule has 134 valence electrons. The fraction of sp³-hybridized carbons (Fsp3) is 0.556. The molecule has 7 heteroatoms. The van der Waals surface area contributed by atoms with Crippen LogP contribution >= 0.6 is 0 Å². The Morgan fingerprint density at radius 2 is 1.88 bits per heavy atom. The highest BCUT2D eigenvalue weighted by Gasteiger charge is 2.25. The quantitative estimate of drug-likeness (QED) is 0.861. The number of fused-ring (bicyclic) bond motifs is 1. The maximum atomic E-state index is 6.14. The molecule has 25 heavy (non-hydrogen) atoms. The standard InChI is InChI=1S/C18H27N7/c1-20-14-3-4-15-16(11-14)21-18(24-9-7-23(2)8-10-24)22-17(15)25-6-5-13(19)12-25/h3-4,11,13,20H,5-10,12,19H2,1-2H3. The number of rotatable bonds is 3. The molecular weight excluding hydrogens is 314 g/mol. The predicted molar refractivity (Wildman–Crippen MR) is 104 cm³/mol. The molecule has 0 aliphatic carbocycles. The molecule has 2 saturated heterocycles. The summed E-state index contributed by atoms with van der Waals surface area (Å²) < 4.78 is 0. The zero-order valence-electron chi connectivity index (χ0n) is 15.1. The number of benzene rings is 1. The average molecular weight is 341 g/mol. The second-order valence-corrected chi connectivity index (χ2v) is 7.11. The lowest BCUT2D eigenvalue weighted by molar-refractivity contribution is 0.311. The topological polar surface area (TPSA) is 73.6 Å². The summed E-state index contributed by atoms with van der Waals surface area (Å²) in [5.74, 6) is 1.86. The van der Waals surface area contributed by atoms with Crippen LogP contribution in [0, 0.1) is 0 Å². The molecule has 1 aromatic carbocycles. The van der Waals surface area contributed by atoms with E-state index in [4.69, 9.17) is 15.7 Å². The summed E-state index contributed by atoms with van der Waals surface area (Å²) in [5, 5.41) is 4.31. The van der Waals surface area contributed by atoms with E-state index in [1.165, 1.54) is 0 Å². The number of hydrogen-bond acceptors (Lipinski definition) is 7. The van der Waals surface area contributed by atoms with E-state index in [9.17, 15) is 0 Å². The van der Waals surface area contributed by atoms with Crippen molar-refractivity contribution in [1.29, 1.82) is 0 Å². The van der Waals surface area contributed by atoms with E-state index in [2.05, 4.69) is 45.3 Å². The molecule has 0 amide bonds. The highest BCUT2D eigenvalue weighted by atomic mass is 15.3. The van der Waals surface area contributed by atoms with E-state index in [-0.39, 0.29) is 6.04 Å². The third-order valence-corrected chi connectivity index (χ3v) is 5.26. The number of nitrogens with two attached hydrogens (primary N) is 1. The van der Waals surface area contributed by atoms with Crippen molar-refractivity contribution in [3.8, 4) is 0 Å². The van der Waals surface area contributed by atoms with Gasteiger partial charge < -0.3 is 25.8 Å². The molecule has 1 aromatic heterocycles. The second kappa shape index (κ2) is 6.65. The van der Waals surface area contributed by atoms with E-state index in [0.29, 0.717) is 0 Å². The van der Waals surface area contributed by atoms with Gasteiger partial charge in [0.15, 0.2) is 0 Å². The van der Waals surface area contributed by atoms with Crippen LogP contribution in [0.15, 0.2) is 18.2 Å². The van der Waals surface area contributed by atoms with Crippen LogP contribution in [0.3, 0.4) is 0 Å². The van der Waals surface area contributed by atoms with Crippen LogP contribution in [0.2, 0.25) is 0 Å². The van der Waals surface area contributed by atoms with Crippen LogP contribution in [0.1, 0.15) is 6.42 Å². The minimum absolute atomic E-state index is 0.230. The molecular formula is C18H27N7. The third-order valence-electron chi connectivity index (χ3n) is 5.26. The number of anilines is 3.